The molecule has 2 aromatic heterocycles. The summed E-state index contributed by atoms with van der Waals surface area (Å²) in [7, 11) is 0. The van der Waals surface area contributed by atoms with E-state index >= 15 is 0 Å². The Morgan fingerprint density at radius 3 is 2.57 bits per heavy atom. The number of nitrogens with zero attached hydrogens (tertiary/aromatic N) is 6. The number of amides is 1. The van der Waals surface area contributed by atoms with Crippen LogP contribution in [0.1, 0.15) is 16.7 Å². The van der Waals surface area contributed by atoms with Crippen LogP contribution in [0.15, 0.2) is 48.9 Å². The van der Waals surface area contributed by atoms with Gasteiger partial charge < -0.3 is 14.5 Å². The fraction of sp³-hybridized carbons (Fsp3) is 0.308. The van der Waals surface area contributed by atoms with Gasteiger partial charge in [0.15, 0.2) is 12.3 Å². The van der Waals surface area contributed by atoms with Crippen LogP contribution in [0.25, 0.3) is 16.7 Å². The molecule has 2 aromatic carbocycles. The minimum atomic E-state index is -0.00781. The molecule has 0 bridgehead atoms. The Kier molecular flexibility index (Phi) is 6.30. The van der Waals surface area contributed by atoms with Crippen LogP contribution in [0.4, 0.5) is 5.82 Å². The van der Waals surface area contributed by atoms with Gasteiger partial charge in [0.05, 0.1) is 17.3 Å². The van der Waals surface area contributed by atoms with Gasteiger partial charge in [-0.3, -0.25) is 4.79 Å². The van der Waals surface area contributed by atoms with Crippen LogP contribution in [0, 0.1) is 20.8 Å². The lowest BCUT2D eigenvalue weighted by atomic mass is 10.1. The van der Waals surface area contributed by atoms with Crippen molar-refractivity contribution in [2.75, 3.05) is 37.7 Å². The Labute approximate surface area is 209 Å². The standard InChI is InChI=1S/C26H27ClN6O2/c1-17-7-8-18(2)24(19(17)3)35-15-23(34)31-9-11-32(12-10-31)25-22-14-30-33(26(22)29-16-28-25)21-6-4-5-20(27)13-21/h4-8,13-14,16H,9-12,15H2,1-3H3. The number of piperazine rings is 1. The van der Waals surface area contributed by atoms with Crippen molar-refractivity contribution < 1.29 is 9.53 Å². The summed E-state index contributed by atoms with van der Waals surface area (Å²) in [6.45, 7) is 8.65. The van der Waals surface area contributed by atoms with Crippen molar-refractivity contribution in [2.45, 2.75) is 20.8 Å². The van der Waals surface area contributed by atoms with E-state index in [1.54, 1.807) is 17.2 Å². The van der Waals surface area contributed by atoms with E-state index in [9.17, 15) is 4.79 Å². The molecule has 1 aliphatic rings. The Balaban J connectivity index is 1.26. The third-order valence-corrected chi connectivity index (χ3v) is 6.78. The van der Waals surface area contributed by atoms with E-state index in [2.05, 4.69) is 26.0 Å². The number of aryl methyl sites for hydroxylation is 2. The fourth-order valence-corrected chi connectivity index (χ4v) is 4.61. The zero-order chi connectivity index (χ0) is 24.5. The average molecular weight is 491 g/mol. The van der Waals surface area contributed by atoms with Crippen molar-refractivity contribution in [1.29, 1.82) is 0 Å². The lowest BCUT2D eigenvalue weighted by Gasteiger charge is -2.35. The van der Waals surface area contributed by atoms with E-state index in [1.807, 2.05) is 56.0 Å². The van der Waals surface area contributed by atoms with Crippen LogP contribution in [0.3, 0.4) is 0 Å². The number of carbonyl (C=O) groups is 1. The molecule has 0 spiro atoms. The molecule has 0 atom stereocenters. The molecule has 1 amide bonds. The first-order chi connectivity index (χ1) is 16.9. The molecule has 0 saturated carbocycles. The smallest absolute Gasteiger partial charge is 0.260 e. The minimum absolute atomic E-state index is 0.00781. The number of aromatic nitrogens is 4. The van der Waals surface area contributed by atoms with Crippen molar-refractivity contribution in [3.63, 3.8) is 0 Å². The van der Waals surface area contributed by atoms with E-state index in [4.69, 9.17) is 16.3 Å². The van der Waals surface area contributed by atoms with E-state index in [1.165, 1.54) is 0 Å². The summed E-state index contributed by atoms with van der Waals surface area (Å²) in [4.78, 5) is 25.9. The van der Waals surface area contributed by atoms with Crippen LogP contribution >= 0.6 is 11.6 Å². The lowest BCUT2D eigenvalue weighted by Crippen LogP contribution is -2.50. The average Bonchev–Trinajstić information content (AvgIpc) is 3.31. The van der Waals surface area contributed by atoms with Crippen molar-refractivity contribution in [2.24, 2.45) is 0 Å². The van der Waals surface area contributed by atoms with Gasteiger partial charge in [-0.1, -0.05) is 29.8 Å². The molecule has 0 N–H and O–H groups in total. The Hall–Kier alpha value is -3.65. The van der Waals surface area contributed by atoms with Crippen molar-refractivity contribution in [3.8, 4) is 11.4 Å². The summed E-state index contributed by atoms with van der Waals surface area (Å²) in [5.41, 5.74) is 4.83. The lowest BCUT2D eigenvalue weighted by molar-refractivity contribution is -0.133. The van der Waals surface area contributed by atoms with E-state index in [0.717, 1.165) is 39.3 Å². The van der Waals surface area contributed by atoms with Gasteiger partial charge in [0.2, 0.25) is 0 Å². The van der Waals surface area contributed by atoms with Crippen LogP contribution in [-0.4, -0.2) is 63.3 Å². The Morgan fingerprint density at radius 2 is 1.80 bits per heavy atom. The Morgan fingerprint density at radius 1 is 1.03 bits per heavy atom. The largest absolute Gasteiger partial charge is 0.483 e. The summed E-state index contributed by atoms with van der Waals surface area (Å²) in [5.74, 6) is 1.61. The molecule has 8 nitrogen and oxygen atoms in total. The molecule has 4 aromatic rings. The molecule has 0 radical (unpaired) electrons. The summed E-state index contributed by atoms with van der Waals surface area (Å²) in [6.07, 6.45) is 3.34. The summed E-state index contributed by atoms with van der Waals surface area (Å²) < 4.78 is 7.70. The number of halogens is 1. The number of anilines is 1. The minimum Gasteiger partial charge on any atom is -0.483 e. The van der Waals surface area contributed by atoms with Gasteiger partial charge in [-0.05, 0) is 55.7 Å². The number of ether oxygens (including phenoxy) is 1. The highest BCUT2D eigenvalue weighted by Crippen LogP contribution is 2.27. The maximum Gasteiger partial charge on any atom is 0.260 e. The van der Waals surface area contributed by atoms with Crippen molar-refractivity contribution in [3.05, 3.63) is 70.6 Å². The van der Waals surface area contributed by atoms with Crippen molar-refractivity contribution in [1.82, 2.24) is 24.6 Å². The van der Waals surface area contributed by atoms with Crippen LogP contribution < -0.4 is 9.64 Å². The second kappa shape index (κ2) is 9.54. The van der Waals surface area contributed by atoms with E-state index < -0.39 is 0 Å². The highest BCUT2D eigenvalue weighted by Gasteiger charge is 2.25. The maximum absolute atomic E-state index is 12.9. The molecule has 5 rings (SSSR count). The number of fused-ring (bicyclic) bond motifs is 1. The quantitative estimate of drug-likeness (QED) is 0.419. The van der Waals surface area contributed by atoms with Gasteiger partial charge in [0, 0.05) is 31.2 Å². The van der Waals surface area contributed by atoms with E-state index in [0.29, 0.717) is 36.8 Å². The predicted octanol–water partition coefficient (Wildman–Crippen LogP) is 4.12. The Bertz CT molecular complexity index is 1390. The summed E-state index contributed by atoms with van der Waals surface area (Å²) in [5, 5.41) is 6.03. The zero-order valence-corrected chi connectivity index (χ0v) is 20.8. The molecule has 9 heteroatoms. The first-order valence-electron chi connectivity index (χ1n) is 11.6. The van der Waals surface area contributed by atoms with Crippen LogP contribution in [-0.2, 0) is 4.79 Å². The second-order valence-electron chi connectivity index (χ2n) is 8.78. The first-order valence-corrected chi connectivity index (χ1v) is 12.0. The molecule has 180 valence electrons. The first kappa shape index (κ1) is 23.1. The molecule has 0 unspecified atom stereocenters. The molecule has 0 aliphatic carbocycles. The van der Waals surface area contributed by atoms with Gasteiger partial charge in [-0.15, -0.1) is 0 Å². The third-order valence-electron chi connectivity index (χ3n) is 6.54. The topological polar surface area (TPSA) is 76.4 Å². The van der Waals surface area contributed by atoms with E-state index in [-0.39, 0.29) is 12.5 Å². The molecule has 3 heterocycles. The summed E-state index contributed by atoms with van der Waals surface area (Å²) in [6, 6.07) is 11.6. The zero-order valence-electron chi connectivity index (χ0n) is 20.0. The number of carbonyl (C=O) groups excluding carboxylic acids is 1. The monoisotopic (exact) mass is 490 g/mol. The number of hydrogen-bond acceptors (Lipinski definition) is 6. The highest BCUT2D eigenvalue weighted by molar-refractivity contribution is 6.30. The third kappa shape index (κ3) is 4.53. The van der Waals surface area contributed by atoms with Crippen LogP contribution in [0.2, 0.25) is 5.02 Å². The number of rotatable bonds is 5. The van der Waals surface area contributed by atoms with Crippen molar-refractivity contribution >= 4 is 34.4 Å². The molecule has 35 heavy (non-hydrogen) atoms. The molecule has 1 fully saturated rings. The maximum atomic E-state index is 12.9. The van der Waals surface area contributed by atoms with Gasteiger partial charge in [0.1, 0.15) is 17.9 Å². The SMILES string of the molecule is Cc1ccc(C)c(OCC(=O)N2CCN(c3ncnc4c3cnn4-c3cccc(Cl)c3)CC2)c1C. The van der Waals surface area contributed by atoms with Crippen LogP contribution in [0.5, 0.6) is 5.75 Å². The molecule has 1 saturated heterocycles. The predicted molar refractivity (Wildman–Crippen MR) is 137 cm³/mol. The normalized spacial score (nSPS) is 13.9. The van der Waals surface area contributed by atoms with Gasteiger partial charge in [-0.2, -0.15) is 5.10 Å². The summed E-state index contributed by atoms with van der Waals surface area (Å²) >= 11 is 6.16. The van der Waals surface area contributed by atoms with Gasteiger partial charge in [0.25, 0.3) is 5.91 Å². The number of benzene rings is 2. The molecular weight excluding hydrogens is 464 g/mol. The molecular formula is C26H27ClN6O2. The molecule has 1 aliphatic heterocycles. The van der Waals surface area contributed by atoms with Gasteiger partial charge in [-0.25, -0.2) is 14.6 Å². The highest BCUT2D eigenvalue weighted by atomic mass is 35.5. The van der Waals surface area contributed by atoms with Gasteiger partial charge >= 0.3 is 0 Å². The number of hydrogen-bond donors (Lipinski definition) is 0. The fourth-order valence-electron chi connectivity index (χ4n) is 4.42. The second-order valence-corrected chi connectivity index (χ2v) is 9.22.